The number of carbonyl (C=O) groups is 1. The average molecular weight is 503 g/mol. The Balaban J connectivity index is 1.72. The van der Waals surface area contributed by atoms with Crippen molar-refractivity contribution in [3.8, 4) is 11.5 Å². The zero-order valence-electron chi connectivity index (χ0n) is 20.5. The number of nitrogens with zero attached hydrogens (tertiary/aromatic N) is 2. The molecule has 9 nitrogen and oxygen atoms in total. The normalized spacial score (nSPS) is 18.8. The molecular formula is C25H34N4O5S. The number of hydrogen-bond acceptors (Lipinski definition) is 7. The lowest BCUT2D eigenvalue weighted by atomic mass is 9.99. The van der Waals surface area contributed by atoms with Gasteiger partial charge >= 0.3 is 0 Å². The number of likely N-dealkylation sites (tertiary alicyclic amines) is 1. The molecule has 2 aromatic rings. The number of carbonyl (C=O) groups excluding carboxylic acids is 1. The first-order valence-corrected chi connectivity index (χ1v) is 13.4. The molecule has 2 fully saturated rings. The second-order valence-electron chi connectivity index (χ2n) is 9.09. The lowest BCUT2D eigenvalue weighted by molar-refractivity contribution is 0.0683. The maximum Gasteiger partial charge on any atom is 0.265 e. The zero-order chi connectivity index (χ0) is 25.0. The van der Waals surface area contributed by atoms with Crippen molar-refractivity contribution in [1.29, 1.82) is 0 Å². The standard InChI is InChI=1S/C25H34N4O5S/c1-18-5-4-12-29(17-18)25(30)19-6-8-22(28-13-10-26-11-14-28)21(15-19)27-35(31,32)24-16-20(33-2)7-9-23(24)34-3/h6-9,15-16,18,26-27H,4-5,10-14,17H2,1-3H3/t18-/m0/s1. The molecule has 1 atom stereocenters. The summed E-state index contributed by atoms with van der Waals surface area (Å²) in [6, 6.07) is 9.92. The number of benzene rings is 2. The van der Waals surface area contributed by atoms with E-state index in [2.05, 4.69) is 21.9 Å². The molecule has 2 saturated heterocycles. The first kappa shape index (κ1) is 25.1. The van der Waals surface area contributed by atoms with E-state index in [1.165, 1.54) is 20.3 Å². The van der Waals surface area contributed by atoms with Gasteiger partial charge in [0.1, 0.15) is 16.4 Å². The van der Waals surface area contributed by atoms with Gasteiger partial charge in [-0.25, -0.2) is 8.42 Å². The van der Waals surface area contributed by atoms with Crippen LogP contribution in [-0.4, -0.2) is 72.7 Å². The van der Waals surface area contributed by atoms with E-state index in [1.807, 2.05) is 11.0 Å². The molecule has 10 heteroatoms. The molecule has 2 N–H and O–H groups in total. The minimum atomic E-state index is -4.05. The summed E-state index contributed by atoms with van der Waals surface area (Å²) in [7, 11) is -1.15. The van der Waals surface area contributed by atoms with Gasteiger partial charge in [-0.05, 0) is 49.1 Å². The van der Waals surface area contributed by atoms with Gasteiger partial charge in [-0.3, -0.25) is 9.52 Å². The van der Waals surface area contributed by atoms with Crippen LogP contribution in [0, 0.1) is 5.92 Å². The van der Waals surface area contributed by atoms with Gasteiger partial charge in [0, 0.05) is 50.9 Å². The molecule has 190 valence electrons. The molecule has 0 spiro atoms. The van der Waals surface area contributed by atoms with E-state index in [0.29, 0.717) is 36.0 Å². The second kappa shape index (κ2) is 10.7. The van der Waals surface area contributed by atoms with Gasteiger partial charge in [0.05, 0.1) is 25.6 Å². The van der Waals surface area contributed by atoms with Gasteiger partial charge in [0.15, 0.2) is 0 Å². The van der Waals surface area contributed by atoms with Gasteiger partial charge in [-0.15, -0.1) is 0 Å². The summed E-state index contributed by atoms with van der Waals surface area (Å²) in [5.74, 6) is 0.974. The molecular weight excluding hydrogens is 468 g/mol. The van der Waals surface area contributed by atoms with Crippen LogP contribution in [0.2, 0.25) is 0 Å². The van der Waals surface area contributed by atoms with E-state index in [0.717, 1.165) is 44.7 Å². The first-order valence-electron chi connectivity index (χ1n) is 12.0. The van der Waals surface area contributed by atoms with Crippen molar-refractivity contribution in [3.63, 3.8) is 0 Å². The van der Waals surface area contributed by atoms with Crippen molar-refractivity contribution in [1.82, 2.24) is 10.2 Å². The van der Waals surface area contributed by atoms with Crippen LogP contribution < -0.4 is 24.4 Å². The van der Waals surface area contributed by atoms with E-state index in [-0.39, 0.29) is 16.6 Å². The highest BCUT2D eigenvalue weighted by atomic mass is 32.2. The molecule has 0 unspecified atom stereocenters. The summed E-state index contributed by atoms with van der Waals surface area (Å²) in [5, 5.41) is 3.31. The van der Waals surface area contributed by atoms with Crippen LogP contribution in [0.4, 0.5) is 11.4 Å². The summed E-state index contributed by atoms with van der Waals surface area (Å²) >= 11 is 0. The van der Waals surface area contributed by atoms with E-state index in [9.17, 15) is 13.2 Å². The van der Waals surface area contributed by atoms with Crippen molar-refractivity contribution in [2.75, 3.05) is 63.1 Å². The van der Waals surface area contributed by atoms with Gasteiger partial charge in [0.25, 0.3) is 15.9 Å². The molecule has 0 aromatic heterocycles. The second-order valence-corrected chi connectivity index (χ2v) is 10.7. The molecule has 0 bridgehead atoms. The smallest absolute Gasteiger partial charge is 0.265 e. The van der Waals surface area contributed by atoms with Gasteiger partial charge in [-0.2, -0.15) is 0 Å². The molecule has 4 rings (SSSR count). The third-order valence-corrected chi connectivity index (χ3v) is 7.94. The number of sulfonamides is 1. The van der Waals surface area contributed by atoms with Crippen LogP contribution in [0.25, 0.3) is 0 Å². The number of ether oxygens (including phenoxy) is 2. The van der Waals surface area contributed by atoms with Crippen molar-refractivity contribution in [3.05, 3.63) is 42.0 Å². The highest BCUT2D eigenvalue weighted by Crippen LogP contribution is 2.34. The van der Waals surface area contributed by atoms with Gasteiger partial charge in [0.2, 0.25) is 0 Å². The van der Waals surface area contributed by atoms with Crippen LogP contribution >= 0.6 is 0 Å². The number of anilines is 2. The summed E-state index contributed by atoms with van der Waals surface area (Å²) in [5.41, 5.74) is 1.57. The Kier molecular flexibility index (Phi) is 7.71. The highest BCUT2D eigenvalue weighted by Gasteiger charge is 2.27. The first-order chi connectivity index (χ1) is 16.8. The van der Waals surface area contributed by atoms with E-state index in [1.54, 1.807) is 24.3 Å². The zero-order valence-corrected chi connectivity index (χ0v) is 21.4. The Bertz CT molecular complexity index is 1160. The Labute approximate surface area is 207 Å². The topological polar surface area (TPSA) is 100 Å². The number of nitrogens with one attached hydrogen (secondary N) is 2. The number of piperazine rings is 1. The van der Waals surface area contributed by atoms with Crippen LogP contribution in [0.1, 0.15) is 30.1 Å². The molecule has 2 aliphatic heterocycles. The molecule has 0 aliphatic carbocycles. The maximum absolute atomic E-state index is 13.5. The van der Waals surface area contributed by atoms with Gasteiger partial charge in [-0.1, -0.05) is 6.92 Å². The maximum atomic E-state index is 13.5. The Morgan fingerprint density at radius 3 is 2.51 bits per heavy atom. The molecule has 0 radical (unpaired) electrons. The van der Waals surface area contributed by atoms with Crippen molar-refractivity contribution in [2.45, 2.75) is 24.7 Å². The van der Waals surface area contributed by atoms with Crippen LogP contribution in [0.5, 0.6) is 11.5 Å². The third-order valence-electron chi connectivity index (χ3n) is 6.55. The van der Waals surface area contributed by atoms with Crippen molar-refractivity contribution < 1.29 is 22.7 Å². The van der Waals surface area contributed by atoms with Crippen LogP contribution in [0.3, 0.4) is 0 Å². The molecule has 2 aromatic carbocycles. The summed E-state index contributed by atoms with van der Waals surface area (Å²) in [6.45, 7) is 6.62. The summed E-state index contributed by atoms with van der Waals surface area (Å²) < 4.78 is 40.4. The van der Waals surface area contributed by atoms with Crippen molar-refractivity contribution in [2.24, 2.45) is 5.92 Å². The fourth-order valence-corrected chi connectivity index (χ4v) is 5.93. The summed E-state index contributed by atoms with van der Waals surface area (Å²) in [6.07, 6.45) is 2.08. The fourth-order valence-electron chi connectivity index (χ4n) is 4.68. The fraction of sp³-hybridized carbons (Fsp3) is 0.480. The minimum Gasteiger partial charge on any atom is -0.497 e. The lowest BCUT2D eigenvalue weighted by Gasteiger charge is -2.33. The Hall–Kier alpha value is -2.98. The molecule has 2 heterocycles. The van der Waals surface area contributed by atoms with Crippen LogP contribution in [0.15, 0.2) is 41.3 Å². The Morgan fingerprint density at radius 2 is 1.83 bits per heavy atom. The summed E-state index contributed by atoms with van der Waals surface area (Å²) in [4.78, 5) is 17.2. The minimum absolute atomic E-state index is 0.0350. The van der Waals surface area contributed by atoms with Crippen molar-refractivity contribution >= 4 is 27.3 Å². The molecule has 1 amide bonds. The predicted octanol–water partition coefficient (Wildman–Crippen LogP) is 2.79. The van der Waals surface area contributed by atoms with E-state index in [4.69, 9.17) is 9.47 Å². The largest absolute Gasteiger partial charge is 0.497 e. The number of hydrogen-bond donors (Lipinski definition) is 2. The number of rotatable bonds is 7. The number of piperidine rings is 1. The van der Waals surface area contributed by atoms with Gasteiger partial charge < -0.3 is 24.6 Å². The monoisotopic (exact) mass is 502 g/mol. The number of methoxy groups -OCH3 is 2. The quantitative estimate of drug-likeness (QED) is 0.601. The third kappa shape index (κ3) is 5.65. The molecule has 2 aliphatic rings. The Morgan fingerprint density at radius 1 is 1.06 bits per heavy atom. The lowest BCUT2D eigenvalue weighted by Crippen LogP contribution is -2.44. The van der Waals surface area contributed by atoms with E-state index >= 15 is 0 Å². The average Bonchev–Trinajstić information content (AvgIpc) is 2.88. The molecule has 35 heavy (non-hydrogen) atoms. The highest BCUT2D eigenvalue weighted by molar-refractivity contribution is 7.92. The predicted molar refractivity (Wildman–Crippen MR) is 136 cm³/mol. The molecule has 0 saturated carbocycles. The SMILES string of the molecule is COc1ccc(OC)c(S(=O)(=O)Nc2cc(C(=O)N3CCC[C@H](C)C3)ccc2N2CCNCC2)c1. The van der Waals surface area contributed by atoms with Crippen LogP contribution in [-0.2, 0) is 10.0 Å². The van der Waals surface area contributed by atoms with E-state index < -0.39 is 10.0 Å². The number of amides is 1.